The summed E-state index contributed by atoms with van der Waals surface area (Å²) in [7, 11) is 3.47. The Morgan fingerprint density at radius 2 is 2.00 bits per heavy atom. The Labute approximate surface area is 148 Å². The molecule has 1 aliphatic rings. The number of hydrogen-bond donors (Lipinski definition) is 0. The standard InChI is InChI=1S/C16H15Cl2N3OS/c1-20(2)16(22)21-8-7-19-14(10-5-3-4-6-12(10)17)11-9-13(18)23-15(11)21/h3-6,9H,7-8H2,1-2H3. The van der Waals surface area contributed by atoms with Gasteiger partial charge in [0.05, 0.1) is 16.6 Å². The van der Waals surface area contributed by atoms with Crippen LogP contribution in [-0.4, -0.2) is 43.8 Å². The van der Waals surface area contributed by atoms with E-state index in [1.165, 1.54) is 11.3 Å². The number of halogens is 2. The second-order valence-electron chi connectivity index (χ2n) is 5.31. The van der Waals surface area contributed by atoms with Gasteiger partial charge in [-0.2, -0.15) is 0 Å². The van der Waals surface area contributed by atoms with Crippen molar-refractivity contribution in [2.24, 2.45) is 4.99 Å². The summed E-state index contributed by atoms with van der Waals surface area (Å²) in [5.41, 5.74) is 2.48. The van der Waals surface area contributed by atoms with Gasteiger partial charge in [0.2, 0.25) is 0 Å². The highest BCUT2D eigenvalue weighted by Gasteiger charge is 2.28. The maximum absolute atomic E-state index is 12.5. The van der Waals surface area contributed by atoms with Gasteiger partial charge in [-0.25, -0.2) is 4.79 Å². The van der Waals surface area contributed by atoms with Crippen LogP contribution in [0.1, 0.15) is 11.1 Å². The number of amides is 2. The molecule has 23 heavy (non-hydrogen) atoms. The summed E-state index contributed by atoms with van der Waals surface area (Å²) in [6.45, 7) is 1.02. The fourth-order valence-corrected chi connectivity index (χ4v) is 3.94. The molecule has 0 saturated heterocycles. The lowest BCUT2D eigenvalue weighted by molar-refractivity contribution is 0.224. The maximum Gasteiger partial charge on any atom is 0.324 e. The minimum absolute atomic E-state index is 0.0830. The Bertz CT molecular complexity index is 785. The van der Waals surface area contributed by atoms with E-state index in [4.69, 9.17) is 23.2 Å². The molecule has 0 spiro atoms. The van der Waals surface area contributed by atoms with Crippen LogP contribution in [0.3, 0.4) is 0 Å². The SMILES string of the molecule is CN(C)C(=O)N1CCN=C(c2ccccc2Cl)c2cc(Cl)sc21. The molecule has 1 aromatic carbocycles. The van der Waals surface area contributed by atoms with Crippen molar-refractivity contribution in [3.63, 3.8) is 0 Å². The fourth-order valence-electron chi connectivity index (χ4n) is 2.48. The Morgan fingerprint density at radius 1 is 1.26 bits per heavy atom. The van der Waals surface area contributed by atoms with Crippen molar-refractivity contribution in [2.75, 3.05) is 32.1 Å². The zero-order valence-electron chi connectivity index (χ0n) is 12.7. The van der Waals surface area contributed by atoms with Gasteiger partial charge in [-0.1, -0.05) is 41.4 Å². The van der Waals surface area contributed by atoms with Crippen molar-refractivity contribution in [1.82, 2.24) is 4.90 Å². The molecule has 7 heteroatoms. The first kappa shape index (κ1) is 16.3. The molecule has 0 bridgehead atoms. The lowest BCUT2D eigenvalue weighted by atomic mass is 10.0. The third-order valence-electron chi connectivity index (χ3n) is 3.52. The summed E-state index contributed by atoms with van der Waals surface area (Å²) in [6.07, 6.45) is 0. The van der Waals surface area contributed by atoms with E-state index >= 15 is 0 Å². The summed E-state index contributed by atoms with van der Waals surface area (Å²) in [4.78, 5) is 20.4. The molecule has 1 aliphatic heterocycles. The topological polar surface area (TPSA) is 35.9 Å². The molecule has 120 valence electrons. The Hall–Kier alpha value is -1.56. The molecule has 2 aromatic rings. The highest BCUT2D eigenvalue weighted by molar-refractivity contribution is 7.20. The van der Waals surface area contributed by atoms with Gasteiger partial charge in [-0.3, -0.25) is 9.89 Å². The van der Waals surface area contributed by atoms with Gasteiger partial charge in [0, 0.05) is 36.8 Å². The van der Waals surface area contributed by atoms with Gasteiger partial charge in [0.15, 0.2) is 0 Å². The molecule has 0 N–H and O–H groups in total. The fraction of sp³-hybridized carbons (Fsp3) is 0.250. The predicted molar refractivity (Wildman–Crippen MR) is 97.7 cm³/mol. The van der Waals surface area contributed by atoms with Crippen LogP contribution >= 0.6 is 34.5 Å². The number of hydrogen-bond acceptors (Lipinski definition) is 3. The first-order valence-electron chi connectivity index (χ1n) is 7.07. The van der Waals surface area contributed by atoms with E-state index in [-0.39, 0.29) is 6.03 Å². The molecule has 2 heterocycles. The lowest BCUT2D eigenvalue weighted by Crippen LogP contribution is -2.40. The molecule has 2 amide bonds. The molecule has 0 aliphatic carbocycles. The zero-order chi connectivity index (χ0) is 16.6. The van der Waals surface area contributed by atoms with Crippen molar-refractivity contribution in [1.29, 1.82) is 0 Å². The van der Waals surface area contributed by atoms with E-state index in [9.17, 15) is 4.79 Å². The molecular weight excluding hydrogens is 353 g/mol. The van der Waals surface area contributed by atoms with Crippen LogP contribution in [0, 0.1) is 0 Å². The minimum Gasteiger partial charge on any atom is -0.330 e. The van der Waals surface area contributed by atoms with Crippen molar-refractivity contribution in [3.8, 4) is 0 Å². The lowest BCUT2D eigenvalue weighted by Gasteiger charge is -2.24. The highest BCUT2D eigenvalue weighted by atomic mass is 35.5. The molecule has 0 saturated carbocycles. The second kappa shape index (κ2) is 6.51. The number of fused-ring (bicyclic) bond motifs is 1. The normalized spacial score (nSPS) is 14.1. The summed E-state index contributed by atoms with van der Waals surface area (Å²) in [6, 6.07) is 9.34. The van der Waals surface area contributed by atoms with Gasteiger partial charge in [0.1, 0.15) is 5.00 Å². The molecule has 1 aromatic heterocycles. The largest absolute Gasteiger partial charge is 0.330 e. The van der Waals surface area contributed by atoms with Crippen molar-refractivity contribution in [3.05, 3.63) is 50.8 Å². The molecule has 4 nitrogen and oxygen atoms in total. The van der Waals surface area contributed by atoms with Crippen LogP contribution in [0.25, 0.3) is 0 Å². The second-order valence-corrected chi connectivity index (χ2v) is 7.38. The Kier molecular flexibility index (Phi) is 4.62. The molecule has 0 radical (unpaired) electrons. The van der Waals surface area contributed by atoms with Crippen LogP contribution in [0.2, 0.25) is 9.36 Å². The molecule has 0 atom stereocenters. The summed E-state index contributed by atoms with van der Waals surface area (Å²) < 4.78 is 0.619. The molecule has 0 fully saturated rings. The average molecular weight is 368 g/mol. The van der Waals surface area contributed by atoms with E-state index in [1.54, 1.807) is 23.9 Å². The predicted octanol–water partition coefficient (Wildman–Crippen LogP) is 4.39. The van der Waals surface area contributed by atoms with E-state index in [0.717, 1.165) is 21.8 Å². The highest BCUT2D eigenvalue weighted by Crippen LogP contribution is 2.38. The van der Waals surface area contributed by atoms with Crippen LogP contribution in [-0.2, 0) is 0 Å². The van der Waals surface area contributed by atoms with Gasteiger partial charge < -0.3 is 4.90 Å². The van der Waals surface area contributed by atoms with E-state index in [1.807, 2.05) is 30.3 Å². The van der Waals surface area contributed by atoms with E-state index < -0.39 is 0 Å². The number of anilines is 1. The first-order valence-corrected chi connectivity index (χ1v) is 8.64. The Balaban J connectivity index is 2.13. The maximum atomic E-state index is 12.5. The quantitative estimate of drug-likeness (QED) is 0.735. The molecular formula is C16H15Cl2N3OS. The van der Waals surface area contributed by atoms with Gasteiger partial charge in [-0.15, -0.1) is 11.3 Å². The summed E-state index contributed by atoms with van der Waals surface area (Å²) in [5.74, 6) is 0. The van der Waals surface area contributed by atoms with Gasteiger partial charge >= 0.3 is 6.03 Å². The Morgan fingerprint density at radius 3 is 2.70 bits per heavy atom. The third-order valence-corrected chi connectivity index (χ3v) is 5.14. The zero-order valence-corrected chi connectivity index (χ0v) is 15.0. The van der Waals surface area contributed by atoms with Gasteiger partial charge in [0.25, 0.3) is 0 Å². The number of carbonyl (C=O) groups excluding carboxylic acids is 1. The summed E-state index contributed by atoms with van der Waals surface area (Å²) in [5, 5.41) is 1.44. The minimum atomic E-state index is -0.0830. The first-order chi connectivity index (χ1) is 11.0. The molecule has 0 unspecified atom stereocenters. The van der Waals surface area contributed by atoms with Gasteiger partial charge in [-0.05, 0) is 12.1 Å². The van der Waals surface area contributed by atoms with Crippen LogP contribution in [0.5, 0.6) is 0 Å². The number of nitrogens with zero attached hydrogens (tertiary/aromatic N) is 3. The monoisotopic (exact) mass is 367 g/mol. The summed E-state index contributed by atoms with van der Waals surface area (Å²) >= 11 is 13.9. The molecule has 3 rings (SSSR count). The van der Waals surface area contributed by atoms with E-state index in [0.29, 0.717) is 22.4 Å². The van der Waals surface area contributed by atoms with Crippen LogP contribution in [0.4, 0.5) is 9.80 Å². The smallest absolute Gasteiger partial charge is 0.324 e. The van der Waals surface area contributed by atoms with E-state index in [2.05, 4.69) is 4.99 Å². The number of benzene rings is 1. The van der Waals surface area contributed by atoms with Crippen molar-refractivity contribution >= 4 is 51.3 Å². The van der Waals surface area contributed by atoms with Crippen molar-refractivity contribution in [2.45, 2.75) is 0 Å². The van der Waals surface area contributed by atoms with Crippen molar-refractivity contribution < 1.29 is 4.79 Å². The number of thiophene rings is 1. The third kappa shape index (κ3) is 3.09. The van der Waals surface area contributed by atoms with Crippen LogP contribution < -0.4 is 4.90 Å². The average Bonchev–Trinajstić information content (AvgIpc) is 2.81. The number of aliphatic imine (C=N–C) groups is 1. The van der Waals surface area contributed by atoms with Crippen LogP contribution in [0.15, 0.2) is 35.3 Å². The number of urea groups is 1. The number of carbonyl (C=O) groups is 1. The number of rotatable bonds is 1.